The third kappa shape index (κ3) is 3.33. The van der Waals surface area contributed by atoms with Crippen LogP contribution in [0.3, 0.4) is 0 Å². The summed E-state index contributed by atoms with van der Waals surface area (Å²) in [6.45, 7) is -0.0665. The molecule has 4 rings (SSSR count). The van der Waals surface area contributed by atoms with Crippen LogP contribution in [0.15, 0.2) is 64.1 Å². The van der Waals surface area contributed by atoms with Crippen molar-refractivity contribution in [1.82, 2.24) is 19.9 Å². The predicted molar refractivity (Wildman–Crippen MR) is 90.3 cm³/mol. The first-order valence-corrected chi connectivity index (χ1v) is 8.36. The van der Waals surface area contributed by atoms with E-state index in [0.717, 1.165) is 11.3 Å². The molecule has 0 atom stereocenters. The number of esters is 1. The highest BCUT2D eigenvalue weighted by Gasteiger charge is 2.14. The summed E-state index contributed by atoms with van der Waals surface area (Å²) < 4.78 is 12.0. The molecule has 0 unspecified atom stereocenters. The molecule has 0 spiro atoms. The highest BCUT2D eigenvalue weighted by atomic mass is 32.1. The molecule has 3 aromatic heterocycles. The lowest BCUT2D eigenvalue weighted by atomic mass is 10.3. The molecule has 0 aliphatic carbocycles. The first-order chi connectivity index (χ1) is 12.3. The van der Waals surface area contributed by atoms with Crippen LogP contribution in [0.4, 0.5) is 0 Å². The number of thiophene rings is 1. The minimum Gasteiger partial charge on any atom is -0.454 e. The molecule has 7 nitrogen and oxygen atoms in total. The normalized spacial score (nSPS) is 10.7. The van der Waals surface area contributed by atoms with Gasteiger partial charge >= 0.3 is 5.97 Å². The Hall–Kier alpha value is -3.26. The lowest BCUT2D eigenvalue weighted by molar-refractivity contribution is 0.0459. The third-order valence-electron chi connectivity index (χ3n) is 3.41. The fourth-order valence-electron chi connectivity index (χ4n) is 2.18. The van der Waals surface area contributed by atoms with E-state index >= 15 is 0 Å². The van der Waals surface area contributed by atoms with E-state index in [-0.39, 0.29) is 6.61 Å². The van der Waals surface area contributed by atoms with Crippen molar-refractivity contribution in [3.8, 4) is 17.1 Å². The zero-order valence-electron chi connectivity index (χ0n) is 12.9. The quantitative estimate of drug-likeness (QED) is 0.512. The maximum Gasteiger partial charge on any atom is 0.341 e. The lowest BCUT2D eigenvalue weighted by Crippen LogP contribution is -2.05. The fraction of sp³-hybridized carbons (Fsp3) is 0.0588. The number of rotatable bonds is 5. The minimum atomic E-state index is -0.496. The van der Waals surface area contributed by atoms with E-state index in [1.807, 2.05) is 47.2 Å². The van der Waals surface area contributed by atoms with Crippen molar-refractivity contribution >= 4 is 17.3 Å². The van der Waals surface area contributed by atoms with Gasteiger partial charge in [-0.05, 0) is 23.6 Å². The number of hydrogen-bond donors (Lipinski definition) is 0. The molecule has 0 fully saturated rings. The van der Waals surface area contributed by atoms with Gasteiger partial charge in [0.25, 0.3) is 5.89 Å². The Morgan fingerprint density at radius 3 is 2.92 bits per heavy atom. The van der Waals surface area contributed by atoms with Gasteiger partial charge in [0.15, 0.2) is 6.61 Å². The monoisotopic (exact) mass is 352 g/mol. The van der Waals surface area contributed by atoms with Gasteiger partial charge in [-0.2, -0.15) is 21.4 Å². The summed E-state index contributed by atoms with van der Waals surface area (Å²) in [4.78, 5) is 16.3. The number of hydrogen-bond acceptors (Lipinski definition) is 7. The van der Waals surface area contributed by atoms with E-state index in [1.165, 1.54) is 17.5 Å². The second kappa shape index (κ2) is 6.70. The molecule has 0 radical (unpaired) electrons. The van der Waals surface area contributed by atoms with Gasteiger partial charge < -0.3 is 9.26 Å². The van der Waals surface area contributed by atoms with Gasteiger partial charge in [0, 0.05) is 11.6 Å². The highest BCUT2D eigenvalue weighted by Crippen LogP contribution is 2.20. The Morgan fingerprint density at radius 2 is 2.12 bits per heavy atom. The van der Waals surface area contributed by atoms with Crippen molar-refractivity contribution in [3.05, 3.63) is 70.9 Å². The topological polar surface area (TPSA) is 83.0 Å². The maximum atomic E-state index is 12.1. The molecule has 1 aromatic carbocycles. The minimum absolute atomic E-state index is 0.0665. The smallest absolute Gasteiger partial charge is 0.341 e. The number of nitrogens with zero attached hydrogens (tertiary/aromatic N) is 4. The maximum absolute atomic E-state index is 12.1. The van der Waals surface area contributed by atoms with Gasteiger partial charge in [-0.25, -0.2) is 9.48 Å². The van der Waals surface area contributed by atoms with Crippen LogP contribution in [-0.4, -0.2) is 25.9 Å². The zero-order chi connectivity index (χ0) is 17.1. The average Bonchev–Trinajstić information content (AvgIpc) is 3.41. The Bertz CT molecular complexity index is 976. The first-order valence-electron chi connectivity index (χ1n) is 7.42. The molecule has 0 aliphatic rings. The number of ether oxygens (including phenoxy) is 1. The van der Waals surface area contributed by atoms with Crippen LogP contribution >= 0.6 is 11.3 Å². The van der Waals surface area contributed by atoms with Crippen molar-refractivity contribution < 1.29 is 14.1 Å². The van der Waals surface area contributed by atoms with E-state index in [0.29, 0.717) is 17.3 Å². The molecule has 124 valence electrons. The SMILES string of the molecule is O=C(OCc1noc(-c2ccsc2)n1)c1cnn(-c2ccccc2)c1. The number of para-hydroxylation sites is 1. The number of aromatic nitrogens is 4. The van der Waals surface area contributed by atoms with Crippen molar-refractivity contribution in [2.45, 2.75) is 6.61 Å². The molecule has 0 saturated carbocycles. The van der Waals surface area contributed by atoms with Gasteiger partial charge in [-0.3, -0.25) is 0 Å². The van der Waals surface area contributed by atoms with E-state index in [1.54, 1.807) is 10.9 Å². The molecule has 8 heteroatoms. The third-order valence-corrected chi connectivity index (χ3v) is 4.09. The molecule has 0 aliphatic heterocycles. The number of carbonyl (C=O) groups excluding carboxylic acids is 1. The predicted octanol–water partition coefficient (Wildman–Crippen LogP) is 3.34. The van der Waals surface area contributed by atoms with Gasteiger partial charge in [0.1, 0.15) is 0 Å². The molecule has 0 amide bonds. The largest absolute Gasteiger partial charge is 0.454 e. The fourth-order valence-corrected chi connectivity index (χ4v) is 2.81. The molecule has 3 heterocycles. The summed E-state index contributed by atoms with van der Waals surface area (Å²) in [5, 5.41) is 11.8. The summed E-state index contributed by atoms with van der Waals surface area (Å²) in [5.41, 5.74) is 2.06. The summed E-state index contributed by atoms with van der Waals surface area (Å²) >= 11 is 1.54. The van der Waals surface area contributed by atoms with E-state index in [9.17, 15) is 4.79 Å². The standard InChI is InChI=1S/C17H12N4O3S/c22-17(13-8-18-21(9-13)14-4-2-1-3-5-14)23-10-15-19-16(24-20-15)12-6-7-25-11-12/h1-9,11H,10H2. The van der Waals surface area contributed by atoms with Gasteiger partial charge in [-0.15, -0.1) is 0 Å². The van der Waals surface area contributed by atoms with Crippen LogP contribution < -0.4 is 0 Å². The Kier molecular flexibility index (Phi) is 4.09. The van der Waals surface area contributed by atoms with Crippen LogP contribution in [0.2, 0.25) is 0 Å². The van der Waals surface area contributed by atoms with Crippen LogP contribution in [-0.2, 0) is 11.3 Å². The zero-order valence-corrected chi connectivity index (χ0v) is 13.7. The Labute approximate surface area is 146 Å². The van der Waals surface area contributed by atoms with Gasteiger partial charge in [-0.1, -0.05) is 23.4 Å². The van der Waals surface area contributed by atoms with Crippen LogP contribution in [0, 0.1) is 0 Å². The number of carbonyl (C=O) groups is 1. The van der Waals surface area contributed by atoms with E-state index in [2.05, 4.69) is 15.2 Å². The van der Waals surface area contributed by atoms with Gasteiger partial charge in [0.2, 0.25) is 5.82 Å². The number of benzene rings is 1. The molecule has 25 heavy (non-hydrogen) atoms. The molecule has 0 N–H and O–H groups in total. The summed E-state index contributed by atoms with van der Waals surface area (Å²) in [7, 11) is 0. The second-order valence-electron chi connectivity index (χ2n) is 5.11. The second-order valence-corrected chi connectivity index (χ2v) is 5.89. The van der Waals surface area contributed by atoms with Crippen LogP contribution in [0.5, 0.6) is 0 Å². The molecule has 0 bridgehead atoms. The molecular formula is C17H12N4O3S. The van der Waals surface area contributed by atoms with Crippen molar-refractivity contribution in [3.63, 3.8) is 0 Å². The molecule has 0 saturated heterocycles. The molecular weight excluding hydrogens is 340 g/mol. The van der Waals surface area contributed by atoms with Crippen LogP contribution in [0.1, 0.15) is 16.2 Å². The van der Waals surface area contributed by atoms with E-state index in [4.69, 9.17) is 9.26 Å². The Balaban J connectivity index is 1.40. The van der Waals surface area contributed by atoms with Crippen molar-refractivity contribution in [1.29, 1.82) is 0 Å². The van der Waals surface area contributed by atoms with E-state index < -0.39 is 5.97 Å². The Morgan fingerprint density at radius 1 is 1.24 bits per heavy atom. The van der Waals surface area contributed by atoms with Crippen molar-refractivity contribution in [2.75, 3.05) is 0 Å². The lowest BCUT2D eigenvalue weighted by Gasteiger charge is -2.00. The summed E-state index contributed by atoms with van der Waals surface area (Å²) in [5.74, 6) is 0.221. The van der Waals surface area contributed by atoms with Crippen LogP contribution in [0.25, 0.3) is 17.1 Å². The van der Waals surface area contributed by atoms with Gasteiger partial charge in [0.05, 0.1) is 23.0 Å². The summed E-state index contributed by atoms with van der Waals surface area (Å²) in [6, 6.07) is 11.4. The van der Waals surface area contributed by atoms with Crippen molar-refractivity contribution in [2.24, 2.45) is 0 Å². The first kappa shape index (κ1) is 15.3. The summed E-state index contributed by atoms with van der Waals surface area (Å²) in [6.07, 6.45) is 3.08. The average molecular weight is 352 g/mol. The molecule has 4 aromatic rings. The highest BCUT2D eigenvalue weighted by molar-refractivity contribution is 7.08.